The quantitative estimate of drug-likeness (QED) is 0.669. The van der Waals surface area contributed by atoms with Crippen LogP contribution in [-0.2, 0) is 9.53 Å². The van der Waals surface area contributed by atoms with Crippen LogP contribution in [0.25, 0.3) is 6.08 Å². The van der Waals surface area contributed by atoms with Crippen LogP contribution in [0.2, 0.25) is 0 Å². The molecule has 0 spiro atoms. The Bertz CT molecular complexity index is 499. The van der Waals surface area contributed by atoms with Gasteiger partial charge in [-0.05, 0) is 43.0 Å². The summed E-state index contributed by atoms with van der Waals surface area (Å²) in [5, 5.41) is 0. The fourth-order valence-corrected chi connectivity index (χ4v) is 2.49. The van der Waals surface area contributed by atoms with Crippen LogP contribution >= 0.6 is 0 Å². The van der Waals surface area contributed by atoms with Crippen molar-refractivity contribution in [3.05, 3.63) is 35.9 Å². The number of likely N-dealkylation sites (tertiary alicyclic amines) is 1. The van der Waals surface area contributed by atoms with Gasteiger partial charge in [0, 0.05) is 31.5 Å². The maximum Gasteiger partial charge on any atom is 0.246 e. The van der Waals surface area contributed by atoms with Gasteiger partial charge in [-0.3, -0.25) is 4.79 Å². The highest BCUT2D eigenvalue weighted by molar-refractivity contribution is 5.92. The fraction of sp³-hybridized carbons (Fsp3) is 0.471. The maximum atomic E-state index is 12.2. The molecule has 0 aliphatic carbocycles. The Labute approximate surface area is 126 Å². The van der Waals surface area contributed by atoms with Crippen molar-refractivity contribution in [3.8, 4) is 0 Å². The van der Waals surface area contributed by atoms with Gasteiger partial charge in [-0.1, -0.05) is 19.1 Å². The van der Waals surface area contributed by atoms with Crippen LogP contribution in [0.4, 0.5) is 5.69 Å². The zero-order valence-electron chi connectivity index (χ0n) is 12.6. The number of carbonyl (C=O) groups excluding carboxylic acids is 1. The molecule has 0 bridgehead atoms. The molecule has 2 N–H and O–H groups in total. The summed E-state index contributed by atoms with van der Waals surface area (Å²) in [4.78, 5) is 14.1. The van der Waals surface area contributed by atoms with Gasteiger partial charge in [0.1, 0.15) is 0 Å². The number of benzene rings is 1. The first-order chi connectivity index (χ1) is 10.2. The molecule has 1 aliphatic rings. The molecule has 1 aromatic rings. The molecule has 1 aliphatic heterocycles. The van der Waals surface area contributed by atoms with Crippen LogP contribution in [0.3, 0.4) is 0 Å². The molecule has 1 heterocycles. The van der Waals surface area contributed by atoms with E-state index in [1.807, 2.05) is 35.2 Å². The van der Waals surface area contributed by atoms with Gasteiger partial charge in [-0.25, -0.2) is 0 Å². The molecule has 0 radical (unpaired) electrons. The zero-order valence-corrected chi connectivity index (χ0v) is 12.6. The third-order valence-corrected chi connectivity index (χ3v) is 3.58. The molecule has 2 rings (SSSR count). The lowest BCUT2D eigenvalue weighted by atomic mass is 10.1. The number of nitrogens with zero attached hydrogens (tertiary/aromatic N) is 1. The summed E-state index contributed by atoms with van der Waals surface area (Å²) < 4.78 is 5.76. The van der Waals surface area contributed by atoms with Crippen LogP contribution in [0, 0.1) is 0 Å². The van der Waals surface area contributed by atoms with Crippen molar-refractivity contribution >= 4 is 17.7 Å². The third kappa shape index (κ3) is 4.90. The summed E-state index contributed by atoms with van der Waals surface area (Å²) in [6.45, 7) is 4.37. The molecule has 1 atom stereocenters. The topological polar surface area (TPSA) is 55.6 Å². The molecule has 1 aromatic carbocycles. The van der Waals surface area contributed by atoms with Gasteiger partial charge < -0.3 is 15.4 Å². The lowest BCUT2D eigenvalue weighted by Gasteiger charge is -2.32. The minimum absolute atomic E-state index is 0.0437. The summed E-state index contributed by atoms with van der Waals surface area (Å²) in [7, 11) is 0. The number of ether oxygens (including phenoxy) is 1. The van der Waals surface area contributed by atoms with E-state index in [0.29, 0.717) is 12.2 Å². The molecule has 1 unspecified atom stereocenters. The number of hydrogen-bond acceptors (Lipinski definition) is 3. The Morgan fingerprint density at radius 1 is 1.52 bits per heavy atom. The van der Waals surface area contributed by atoms with Crippen LogP contribution in [-0.4, -0.2) is 36.6 Å². The maximum absolute atomic E-state index is 12.2. The van der Waals surface area contributed by atoms with Gasteiger partial charge >= 0.3 is 0 Å². The first kappa shape index (κ1) is 15.6. The Morgan fingerprint density at radius 3 is 3.14 bits per heavy atom. The van der Waals surface area contributed by atoms with Crippen molar-refractivity contribution in [2.45, 2.75) is 32.3 Å². The minimum atomic E-state index is 0.0437. The molecule has 4 heteroatoms. The van der Waals surface area contributed by atoms with Crippen LogP contribution in [0.5, 0.6) is 0 Å². The third-order valence-electron chi connectivity index (χ3n) is 3.58. The van der Waals surface area contributed by atoms with Crippen molar-refractivity contribution in [3.63, 3.8) is 0 Å². The number of nitrogen functional groups attached to an aromatic ring is 1. The lowest BCUT2D eigenvalue weighted by molar-refractivity contribution is -0.130. The van der Waals surface area contributed by atoms with E-state index in [0.717, 1.165) is 38.0 Å². The van der Waals surface area contributed by atoms with E-state index in [1.54, 1.807) is 6.08 Å². The molecular weight excluding hydrogens is 264 g/mol. The highest BCUT2D eigenvalue weighted by atomic mass is 16.5. The number of amides is 1. The molecule has 1 fully saturated rings. The van der Waals surface area contributed by atoms with Crippen LogP contribution in [0.1, 0.15) is 31.7 Å². The first-order valence-electron chi connectivity index (χ1n) is 7.63. The second-order valence-electron chi connectivity index (χ2n) is 5.42. The largest absolute Gasteiger partial charge is 0.399 e. The van der Waals surface area contributed by atoms with Gasteiger partial charge in [-0.15, -0.1) is 0 Å². The highest BCUT2D eigenvalue weighted by Gasteiger charge is 2.22. The average molecular weight is 288 g/mol. The normalized spacial score (nSPS) is 19.1. The number of nitrogens with two attached hydrogens (primary N) is 1. The molecular formula is C17H24N2O2. The molecule has 1 amide bonds. The van der Waals surface area contributed by atoms with Gasteiger partial charge in [0.05, 0.1) is 6.10 Å². The number of carbonyl (C=O) groups is 1. The molecule has 1 saturated heterocycles. The second-order valence-corrected chi connectivity index (χ2v) is 5.42. The monoisotopic (exact) mass is 288 g/mol. The van der Waals surface area contributed by atoms with Gasteiger partial charge in [0.25, 0.3) is 0 Å². The van der Waals surface area contributed by atoms with E-state index in [9.17, 15) is 4.79 Å². The summed E-state index contributed by atoms with van der Waals surface area (Å²) in [6, 6.07) is 7.51. The van der Waals surface area contributed by atoms with Crippen molar-refractivity contribution in [1.82, 2.24) is 4.90 Å². The second kappa shape index (κ2) is 7.84. The van der Waals surface area contributed by atoms with E-state index >= 15 is 0 Å². The van der Waals surface area contributed by atoms with Crippen molar-refractivity contribution < 1.29 is 9.53 Å². The predicted octanol–water partition coefficient (Wildman–Crippen LogP) is 2.70. The molecule has 114 valence electrons. The van der Waals surface area contributed by atoms with E-state index in [1.165, 1.54) is 0 Å². The number of rotatable bonds is 5. The van der Waals surface area contributed by atoms with Gasteiger partial charge in [-0.2, -0.15) is 0 Å². The van der Waals surface area contributed by atoms with Crippen LogP contribution < -0.4 is 5.73 Å². The van der Waals surface area contributed by atoms with E-state index in [4.69, 9.17) is 10.5 Å². The number of piperidine rings is 1. The zero-order chi connectivity index (χ0) is 15.1. The van der Waals surface area contributed by atoms with Crippen LogP contribution in [0.15, 0.2) is 30.3 Å². The average Bonchev–Trinajstić information content (AvgIpc) is 2.51. The Morgan fingerprint density at radius 2 is 2.38 bits per heavy atom. The summed E-state index contributed by atoms with van der Waals surface area (Å²) in [6.07, 6.45) is 6.68. The fourth-order valence-electron chi connectivity index (χ4n) is 2.49. The molecule has 0 saturated carbocycles. The van der Waals surface area contributed by atoms with E-state index < -0.39 is 0 Å². The molecule has 4 nitrogen and oxygen atoms in total. The minimum Gasteiger partial charge on any atom is -0.399 e. The Balaban J connectivity index is 1.90. The highest BCUT2D eigenvalue weighted by Crippen LogP contribution is 2.15. The summed E-state index contributed by atoms with van der Waals surface area (Å²) in [5.41, 5.74) is 7.37. The van der Waals surface area contributed by atoms with Gasteiger partial charge in [0.2, 0.25) is 5.91 Å². The Hall–Kier alpha value is -1.81. The standard InChI is InChI=1S/C17H24N2O2/c1-2-11-21-16-7-4-10-19(13-16)17(20)9-8-14-5-3-6-15(18)12-14/h3,5-6,8-9,12,16H,2,4,7,10-11,13,18H2,1H3/b9-8+. The van der Waals surface area contributed by atoms with Gasteiger partial charge in [0.15, 0.2) is 0 Å². The summed E-state index contributed by atoms with van der Waals surface area (Å²) in [5.74, 6) is 0.0437. The predicted molar refractivity (Wildman–Crippen MR) is 85.7 cm³/mol. The van der Waals surface area contributed by atoms with Crippen molar-refractivity contribution in [2.24, 2.45) is 0 Å². The molecule has 21 heavy (non-hydrogen) atoms. The summed E-state index contributed by atoms with van der Waals surface area (Å²) >= 11 is 0. The smallest absolute Gasteiger partial charge is 0.246 e. The van der Waals surface area contributed by atoms with E-state index in [2.05, 4.69) is 6.92 Å². The number of anilines is 1. The number of hydrogen-bond donors (Lipinski definition) is 1. The molecule has 0 aromatic heterocycles. The van der Waals surface area contributed by atoms with Crippen molar-refractivity contribution in [1.29, 1.82) is 0 Å². The lowest BCUT2D eigenvalue weighted by Crippen LogP contribution is -2.42. The van der Waals surface area contributed by atoms with E-state index in [-0.39, 0.29) is 12.0 Å². The van der Waals surface area contributed by atoms with Crippen molar-refractivity contribution in [2.75, 3.05) is 25.4 Å². The first-order valence-corrected chi connectivity index (χ1v) is 7.63. The Kier molecular flexibility index (Phi) is 5.81. The SMILES string of the molecule is CCCOC1CCCN(C(=O)/C=C/c2cccc(N)c2)C1.